The van der Waals surface area contributed by atoms with Gasteiger partial charge in [-0.25, -0.2) is 4.39 Å². The van der Waals surface area contributed by atoms with Crippen LogP contribution in [0.2, 0.25) is 5.02 Å². The fraction of sp³-hybridized carbons (Fsp3) is 0.111. The molecule has 0 unspecified atom stereocenters. The molecule has 5 heteroatoms. The minimum absolute atomic E-state index is 0.0835. The standard InChI is InChI=1S/C9H7ClFNO2/c10-6-3-5(1-2-7(6)11)4-8(13)9(12)14/h1-3H,4H2,(H2,12,14). The molecule has 74 valence electrons. The van der Waals surface area contributed by atoms with Crippen molar-refractivity contribution in [1.29, 1.82) is 0 Å². The zero-order valence-electron chi connectivity index (χ0n) is 7.09. The molecule has 3 nitrogen and oxygen atoms in total. The second-order valence-electron chi connectivity index (χ2n) is 2.71. The van der Waals surface area contributed by atoms with Crippen LogP contribution in [0.1, 0.15) is 5.56 Å². The van der Waals surface area contributed by atoms with Crippen molar-refractivity contribution in [2.75, 3.05) is 0 Å². The van der Waals surface area contributed by atoms with Gasteiger partial charge in [0.15, 0.2) is 0 Å². The lowest BCUT2D eigenvalue weighted by Crippen LogP contribution is -2.24. The molecule has 0 aliphatic heterocycles. The molecule has 1 amide bonds. The summed E-state index contributed by atoms with van der Waals surface area (Å²) in [6.07, 6.45) is -0.157. The fourth-order valence-electron chi connectivity index (χ4n) is 0.922. The van der Waals surface area contributed by atoms with Crippen LogP contribution in [-0.4, -0.2) is 11.7 Å². The number of carbonyl (C=O) groups is 2. The van der Waals surface area contributed by atoms with E-state index in [4.69, 9.17) is 17.3 Å². The van der Waals surface area contributed by atoms with Gasteiger partial charge in [0.25, 0.3) is 5.91 Å². The van der Waals surface area contributed by atoms with E-state index in [1.54, 1.807) is 0 Å². The lowest BCUT2D eigenvalue weighted by molar-refractivity contribution is -0.135. The third-order valence-electron chi connectivity index (χ3n) is 1.62. The number of nitrogens with two attached hydrogens (primary N) is 1. The maximum absolute atomic E-state index is 12.7. The molecule has 0 saturated heterocycles. The van der Waals surface area contributed by atoms with E-state index >= 15 is 0 Å². The van der Waals surface area contributed by atoms with Crippen LogP contribution < -0.4 is 5.73 Å². The van der Waals surface area contributed by atoms with E-state index in [9.17, 15) is 14.0 Å². The second-order valence-corrected chi connectivity index (χ2v) is 3.12. The van der Waals surface area contributed by atoms with Crippen molar-refractivity contribution >= 4 is 23.3 Å². The number of halogens is 2. The molecule has 0 radical (unpaired) electrons. The van der Waals surface area contributed by atoms with Gasteiger partial charge >= 0.3 is 0 Å². The summed E-state index contributed by atoms with van der Waals surface area (Å²) in [6, 6.07) is 3.80. The number of benzene rings is 1. The average Bonchev–Trinajstić information content (AvgIpc) is 2.11. The van der Waals surface area contributed by atoms with E-state index in [0.29, 0.717) is 5.56 Å². The van der Waals surface area contributed by atoms with E-state index in [-0.39, 0.29) is 11.4 Å². The summed E-state index contributed by atoms with van der Waals surface area (Å²) < 4.78 is 12.7. The van der Waals surface area contributed by atoms with Crippen LogP contribution in [0.3, 0.4) is 0 Å². The zero-order valence-corrected chi connectivity index (χ0v) is 7.84. The third-order valence-corrected chi connectivity index (χ3v) is 1.91. The van der Waals surface area contributed by atoms with Crippen LogP contribution in [-0.2, 0) is 16.0 Å². The Labute approximate surface area is 84.7 Å². The smallest absolute Gasteiger partial charge is 0.285 e. The highest BCUT2D eigenvalue weighted by atomic mass is 35.5. The number of ketones is 1. The Bertz CT molecular complexity index is 392. The fourth-order valence-corrected chi connectivity index (χ4v) is 1.13. The highest BCUT2D eigenvalue weighted by Crippen LogP contribution is 2.16. The van der Waals surface area contributed by atoms with Gasteiger partial charge in [-0.3, -0.25) is 9.59 Å². The Kier molecular flexibility index (Phi) is 3.19. The Morgan fingerprint density at radius 3 is 2.57 bits per heavy atom. The summed E-state index contributed by atoms with van der Waals surface area (Å²) in [5.74, 6) is -2.31. The number of rotatable bonds is 3. The van der Waals surface area contributed by atoms with E-state index in [1.807, 2.05) is 0 Å². The van der Waals surface area contributed by atoms with E-state index in [1.165, 1.54) is 12.1 Å². The number of amides is 1. The minimum Gasteiger partial charge on any atom is -0.363 e. The topological polar surface area (TPSA) is 60.2 Å². The van der Waals surface area contributed by atoms with Crippen molar-refractivity contribution in [3.05, 3.63) is 34.6 Å². The van der Waals surface area contributed by atoms with Crippen LogP contribution in [0, 0.1) is 5.82 Å². The Balaban J connectivity index is 2.83. The lowest BCUT2D eigenvalue weighted by atomic mass is 10.1. The quantitative estimate of drug-likeness (QED) is 0.767. The maximum Gasteiger partial charge on any atom is 0.285 e. The van der Waals surface area contributed by atoms with Crippen LogP contribution >= 0.6 is 11.6 Å². The van der Waals surface area contributed by atoms with Gasteiger partial charge in [0, 0.05) is 6.42 Å². The summed E-state index contributed by atoms with van der Waals surface area (Å²) in [6.45, 7) is 0. The summed E-state index contributed by atoms with van der Waals surface area (Å²) in [5, 5.41) is -0.0835. The number of Topliss-reactive ketones (excluding diaryl/α,β-unsaturated/α-hetero) is 1. The zero-order chi connectivity index (χ0) is 10.7. The van der Waals surface area contributed by atoms with Gasteiger partial charge in [-0.1, -0.05) is 17.7 Å². The van der Waals surface area contributed by atoms with Gasteiger partial charge < -0.3 is 5.73 Å². The number of hydrogen-bond donors (Lipinski definition) is 1. The molecule has 0 heterocycles. The Hall–Kier alpha value is -1.42. The number of primary amides is 1. The Morgan fingerprint density at radius 2 is 2.07 bits per heavy atom. The van der Waals surface area contributed by atoms with Crippen molar-refractivity contribution in [2.24, 2.45) is 5.73 Å². The molecular weight excluding hydrogens is 209 g/mol. The minimum atomic E-state index is -1.01. The summed E-state index contributed by atoms with van der Waals surface area (Å²) in [5.41, 5.74) is 5.21. The second kappa shape index (κ2) is 4.19. The van der Waals surface area contributed by atoms with Crippen molar-refractivity contribution in [1.82, 2.24) is 0 Å². The molecule has 0 spiro atoms. The normalized spacial score (nSPS) is 9.86. The van der Waals surface area contributed by atoms with E-state index in [2.05, 4.69) is 0 Å². The monoisotopic (exact) mass is 215 g/mol. The van der Waals surface area contributed by atoms with Gasteiger partial charge in [-0.15, -0.1) is 0 Å². The summed E-state index contributed by atoms with van der Waals surface area (Å²) in [4.78, 5) is 21.3. The molecule has 0 atom stereocenters. The van der Waals surface area contributed by atoms with Crippen molar-refractivity contribution < 1.29 is 14.0 Å². The molecule has 0 saturated carbocycles. The van der Waals surface area contributed by atoms with Gasteiger partial charge in [-0.05, 0) is 17.7 Å². The number of carbonyl (C=O) groups excluding carboxylic acids is 2. The summed E-state index contributed by atoms with van der Waals surface area (Å²) >= 11 is 5.47. The predicted molar refractivity (Wildman–Crippen MR) is 49.3 cm³/mol. The largest absolute Gasteiger partial charge is 0.363 e. The van der Waals surface area contributed by atoms with Crippen molar-refractivity contribution in [2.45, 2.75) is 6.42 Å². The van der Waals surface area contributed by atoms with Crippen LogP contribution in [0.4, 0.5) is 4.39 Å². The van der Waals surface area contributed by atoms with Gasteiger partial charge in [0.2, 0.25) is 5.78 Å². The molecule has 1 aromatic carbocycles. The molecule has 0 aromatic heterocycles. The molecule has 14 heavy (non-hydrogen) atoms. The lowest BCUT2D eigenvalue weighted by Gasteiger charge is -1.99. The highest BCUT2D eigenvalue weighted by Gasteiger charge is 2.10. The molecule has 0 bridgehead atoms. The molecule has 1 rings (SSSR count). The molecule has 0 aliphatic carbocycles. The Morgan fingerprint density at radius 1 is 1.43 bits per heavy atom. The first kappa shape index (κ1) is 10.7. The maximum atomic E-state index is 12.7. The third kappa shape index (κ3) is 2.53. The van der Waals surface area contributed by atoms with Gasteiger partial charge in [0.05, 0.1) is 5.02 Å². The predicted octanol–water partition coefficient (Wildman–Crippen LogP) is 1.08. The van der Waals surface area contributed by atoms with Crippen LogP contribution in [0.5, 0.6) is 0 Å². The molecule has 1 aromatic rings. The van der Waals surface area contributed by atoms with E-state index in [0.717, 1.165) is 6.07 Å². The first-order valence-electron chi connectivity index (χ1n) is 3.77. The summed E-state index contributed by atoms with van der Waals surface area (Å²) in [7, 11) is 0. The number of hydrogen-bond acceptors (Lipinski definition) is 2. The molecular formula is C9H7ClFNO2. The highest BCUT2D eigenvalue weighted by molar-refractivity contribution is 6.36. The first-order valence-corrected chi connectivity index (χ1v) is 4.15. The van der Waals surface area contributed by atoms with Gasteiger partial charge in [-0.2, -0.15) is 0 Å². The van der Waals surface area contributed by atoms with Crippen molar-refractivity contribution in [3.8, 4) is 0 Å². The van der Waals surface area contributed by atoms with E-state index < -0.39 is 17.5 Å². The molecule has 2 N–H and O–H groups in total. The molecule has 0 fully saturated rings. The van der Waals surface area contributed by atoms with Crippen molar-refractivity contribution in [3.63, 3.8) is 0 Å². The van der Waals surface area contributed by atoms with Crippen LogP contribution in [0.25, 0.3) is 0 Å². The molecule has 0 aliphatic rings. The van der Waals surface area contributed by atoms with Crippen LogP contribution in [0.15, 0.2) is 18.2 Å². The first-order chi connectivity index (χ1) is 6.50. The average molecular weight is 216 g/mol. The SMILES string of the molecule is NC(=O)C(=O)Cc1ccc(F)c(Cl)c1. The van der Waals surface area contributed by atoms with Gasteiger partial charge in [0.1, 0.15) is 5.82 Å².